The number of hydrogen-bond acceptors (Lipinski definition) is 3. The van der Waals surface area contributed by atoms with Gasteiger partial charge in [-0.2, -0.15) is 0 Å². The van der Waals surface area contributed by atoms with Gasteiger partial charge in [0, 0.05) is 19.1 Å². The van der Waals surface area contributed by atoms with Gasteiger partial charge < -0.3 is 15.0 Å². The minimum Gasteiger partial charge on any atom is -0.447 e. The molecule has 0 radical (unpaired) electrons. The monoisotopic (exact) mass is 214 g/mol. The van der Waals surface area contributed by atoms with Crippen molar-refractivity contribution < 1.29 is 9.53 Å². The first-order chi connectivity index (χ1) is 7.15. The van der Waals surface area contributed by atoms with Crippen LogP contribution in [0.5, 0.6) is 0 Å². The predicted molar refractivity (Wildman–Crippen MR) is 59.9 cm³/mol. The molecular weight excluding hydrogens is 192 g/mol. The molecule has 1 aliphatic heterocycles. The maximum absolute atomic E-state index is 11.8. The lowest BCUT2D eigenvalue weighted by molar-refractivity contribution is 0.0656. The Labute approximate surface area is 92.0 Å². The molecule has 0 aromatic heterocycles. The lowest BCUT2D eigenvalue weighted by Gasteiger charge is -2.28. The first-order valence-corrected chi connectivity index (χ1v) is 5.83. The second kappa shape index (κ2) is 5.95. The van der Waals surface area contributed by atoms with Gasteiger partial charge in [-0.25, -0.2) is 4.79 Å². The van der Waals surface area contributed by atoms with Crippen LogP contribution in [-0.4, -0.2) is 42.8 Å². The third-order valence-electron chi connectivity index (χ3n) is 2.51. The molecule has 1 fully saturated rings. The highest BCUT2D eigenvalue weighted by Crippen LogP contribution is 2.11. The number of carbonyl (C=O) groups excluding carboxylic acids is 1. The number of amides is 1. The highest BCUT2D eigenvalue weighted by molar-refractivity contribution is 5.68. The van der Waals surface area contributed by atoms with E-state index in [9.17, 15) is 4.79 Å². The Morgan fingerprint density at radius 2 is 2.33 bits per heavy atom. The van der Waals surface area contributed by atoms with E-state index in [0.29, 0.717) is 6.04 Å². The van der Waals surface area contributed by atoms with E-state index in [2.05, 4.69) is 12.2 Å². The van der Waals surface area contributed by atoms with E-state index in [-0.39, 0.29) is 12.2 Å². The Bertz CT molecular complexity index is 201. The van der Waals surface area contributed by atoms with E-state index in [1.807, 2.05) is 18.7 Å². The summed E-state index contributed by atoms with van der Waals surface area (Å²) in [5.41, 5.74) is 0. The Kier molecular flexibility index (Phi) is 4.88. The van der Waals surface area contributed by atoms with Crippen LogP contribution < -0.4 is 5.32 Å². The van der Waals surface area contributed by atoms with Crippen LogP contribution in [0.2, 0.25) is 0 Å². The standard InChI is InChI=1S/C11H22N2O2/c1-4-7-13(10-5-6-12-8-10)11(14)15-9(2)3/h9-10,12H,4-8H2,1-3H3. The van der Waals surface area contributed by atoms with Gasteiger partial charge in [-0.05, 0) is 33.2 Å². The molecule has 0 aliphatic carbocycles. The number of hydrogen-bond donors (Lipinski definition) is 1. The van der Waals surface area contributed by atoms with Crippen molar-refractivity contribution >= 4 is 6.09 Å². The number of carbonyl (C=O) groups is 1. The summed E-state index contributed by atoms with van der Waals surface area (Å²) in [5, 5.41) is 3.27. The summed E-state index contributed by atoms with van der Waals surface area (Å²) < 4.78 is 5.24. The third kappa shape index (κ3) is 3.70. The van der Waals surface area contributed by atoms with Crippen LogP contribution >= 0.6 is 0 Å². The lowest BCUT2D eigenvalue weighted by atomic mass is 10.2. The zero-order valence-electron chi connectivity index (χ0n) is 9.95. The van der Waals surface area contributed by atoms with Gasteiger partial charge in [0.05, 0.1) is 6.10 Å². The van der Waals surface area contributed by atoms with Crippen LogP contribution in [0.4, 0.5) is 4.79 Å². The average molecular weight is 214 g/mol. The summed E-state index contributed by atoms with van der Waals surface area (Å²) in [6, 6.07) is 0.316. The Morgan fingerprint density at radius 1 is 1.60 bits per heavy atom. The van der Waals surface area contributed by atoms with Gasteiger partial charge in [0.1, 0.15) is 0 Å². The highest BCUT2D eigenvalue weighted by Gasteiger charge is 2.27. The molecule has 1 atom stereocenters. The highest BCUT2D eigenvalue weighted by atomic mass is 16.6. The summed E-state index contributed by atoms with van der Waals surface area (Å²) in [4.78, 5) is 13.7. The van der Waals surface area contributed by atoms with Crippen molar-refractivity contribution in [3.05, 3.63) is 0 Å². The van der Waals surface area contributed by atoms with Gasteiger partial charge in [0.15, 0.2) is 0 Å². The minimum atomic E-state index is -0.166. The molecule has 0 spiro atoms. The Hall–Kier alpha value is -0.770. The molecule has 1 heterocycles. The van der Waals surface area contributed by atoms with E-state index < -0.39 is 0 Å². The molecule has 4 heteroatoms. The summed E-state index contributed by atoms with van der Waals surface area (Å²) >= 11 is 0. The largest absolute Gasteiger partial charge is 0.447 e. The normalized spacial score (nSPS) is 20.7. The summed E-state index contributed by atoms with van der Waals surface area (Å²) in [6.45, 7) is 8.53. The summed E-state index contributed by atoms with van der Waals surface area (Å²) in [7, 11) is 0. The van der Waals surface area contributed by atoms with Gasteiger partial charge in [-0.3, -0.25) is 0 Å². The van der Waals surface area contributed by atoms with Gasteiger partial charge >= 0.3 is 6.09 Å². The fourth-order valence-electron chi connectivity index (χ4n) is 1.84. The number of rotatable bonds is 4. The van der Waals surface area contributed by atoms with Crippen LogP contribution in [0.25, 0.3) is 0 Å². The zero-order chi connectivity index (χ0) is 11.3. The third-order valence-corrected chi connectivity index (χ3v) is 2.51. The lowest BCUT2D eigenvalue weighted by Crippen LogP contribution is -2.43. The molecule has 88 valence electrons. The minimum absolute atomic E-state index is 0.0359. The molecule has 0 saturated carbocycles. The number of nitrogens with zero attached hydrogens (tertiary/aromatic N) is 1. The summed E-state index contributed by atoms with van der Waals surface area (Å²) in [5.74, 6) is 0. The van der Waals surface area contributed by atoms with Crippen molar-refractivity contribution in [2.24, 2.45) is 0 Å². The maximum atomic E-state index is 11.8. The van der Waals surface area contributed by atoms with Crippen LogP contribution in [0.1, 0.15) is 33.6 Å². The Morgan fingerprint density at radius 3 is 2.80 bits per heavy atom. The van der Waals surface area contributed by atoms with Crippen LogP contribution in [-0.2, 0) is 4.74 Å². The SMILES string of the molecule is CCCN(C(=O)OC(C)C)C1CCNC1. The van der Waals surface area contributed by atoms with Crippen molar-refractivity contribution in [1.82, 2.24) is 10.2 Å². The second-order valence-corrected chi connectivity index (χ2v) is 4.27. The molecule has 15 heavy (non-hydrogen) atoms. The van der Waals surface area contributed by atoms with Gasteiger partial charge in [0.2, 0.25) is 0 Å². The molecule has 0 aromatic rings. The van der Waals surface area contributed by atoms with Crippen molar-refractivity contribution in [1.29, 1.82) is 0 Å². The fraction of sp³-hybridized carbons (Fsp3) is 0.909. The van der Waals surface area contributed by atoms with Gasteiger partial charge in [-0.1, -0.05) is 6.92 Å². The van der Waals surface area contributed by atoms with Crippen molar-refractivity contribution in [3.63, 3.8) is 0 Å². The molecule has 1 N–H and O–H groups in total. The van der Waals surface area contributed by atoms with Crippen LogP contribution in [0, 0.1) is 0 Å². The smallest absolute Gasteiger partial charge is 0.410 e. The second-order valence-electron chi connectivity index (χ2n) is 4.27. The van der Waals surface area contributed by atoms with E-state index in [1.54, 1.807) is 0 Å². The quantitative estimate of drug-likeness (QED) is 0.773. The molecule has 1 aliphatic rings. The molecule has 1 unspecified atom stereocenters. The fourth-order valence-corrected chi connectivity index (χ4v) is 1.84. The van der Waals surface area contributed by atoms with Crippen LogP contribution in [0.15, 0.2) is 0 Å². The predicted octanol–water partition coefficient (Wildman–Crippen LogP) is 1.61. The topological polar surface area (TPSA) is 41.6 Å². The molecule has 4 nitrogen and oxygen atoms in total. The van der Waals surface area contributed by atoms with Crippen LogP contribution in [0.3, 0.4) is 0 Å². The first kappa shape index (κ1) is 12.3. The molecule has 0 bridgehead atoms. The Balaban J connectivity index is 2.51. The van der Waals surface area contributed by atoms with Crippen molar-refractivity contribution in [2.75, 3.05) is 19.6 Å². The maximum Gasteiger partial charge on any atom is 0.410 e. The van der Waals surface area contributed by atoms with E-state index in [0.717, 1.165) is 32.5 Å². The van der Waals surface area contributed by atoms with E-state index in [1.165, 1.54) is 0 Å². The zero-order valence-corrected chi connectivity index (χ0v) is 9.95. The average Bonchev–Trinajstić information content (AvgIpc) is 2.65. The first-order valence-electron chi connectivity index (χ1n) is 5.83. The van der Waals surface area contributed by atoms with Gasteiger partial charge in [-0.15, -0.1) is 0 Å². The van der Waals surface area contributed by atoms with E-state index >= 15 is 0 Å². The number of nitrogens with one attached hydrogen (secondary N) is 1. The molecule has 1 saturated heterocycles. The number of ether oxygens (including phenoxy) is 1. The van der Waals surface area contributed by atoms with Gasteiger partial charge in [0.25, 0.3) is 0 Å². The molecular formula is C11H22N2O2. The van der Waals surface area contributed by atoms with Crippen molar-refractivity contribution in [2.45, 2.75) is 45.8 Å². The van der Waals surface area contributed by atoms with Crippen molar-refractivity contribution in [3.8, 4) is 0 Å². The summed E-state index contributed by atoms with van der Waals surface area (Å²) in [6.07, 6.45) is 1.81. The van der Waals surface area contributed by atoms with E-state index in [4.69, 9.17) is 4.74 Å². The molecule has 1 amide bonds. The molecule has 0 aromatic carbocycles. The molecule has 1 rings (SSSR count).